The molecule has 4 aromatic rings. The minimum atomic E-state index is -0.700. The van der Waals surface area contributed by atoms with Gasteiger partial charge in [-0.15, -0.1) is 0 Å². The van der Waals surface area contributed by atoms with Crippen molar-refractivity contribution in [3.63, 3.8) is 0 Å². The molecular weight excluding hydrogens is 483 g/mol. The number of morpholine rings is 1. The number of ether oxygens (including phenoxy) is 1. The quantitative estimate of drug-likeness (QED) is 0.450. The van der Waals surface area contributed by atoms with Gasteiger partial charge in [-0.05, 0) is 37.1 Å². The normalized spacial score (nSPS) is 17.8. The molecule has 182 valence electrons. The van der Waals surface area contributed by atoms with E-state index in [0.29, 0.717) is 37.2 Å². The predicted octanol–water partition coefficient (Wildman–Crippen LogP) is 3.71. The minimum Gasteiger partial charge on any atom is -0.378 e. The minimum absolute atomic E-state index is 0.128. The third kappa shape index (κ3) is 3.81. The maximum Gasteiger partial charge on any atom is 0.227 e. The summed E-state index contributed by atoms with van der Waals surface area (Å²) < 4.78 is 19.8. The van der Waals surface area contributed by atoms with Gasteiger partial charge in [0, 0.05) is 59.2 Å². The van der Waals surface area contributed by atoms with E-state index in [0.717, 1.165) is 40.8 Å². The molecule has 9 nitrogen and oxygen atoms in total. The van der Waals surface area contributed by atoms with Gasteiger partial charge in [0.1, 0.15) is 12.1 Å². The van der Waals surface area contributed by atoms with Gasteiger partial charge in [-0.1, -0.05) is 11.6 Å². The molecule has 0 spiro atoms. The summed E-state index contributed by atoms with van der Waals surface area (Å²) in [5.74, 6) is 0.234. The van der Waals surface area contributed by atoms with Crippen molar-refractivity contribution in [1.29, 1.82) is 5.26 Å². The van der Waals surface area contributed by atoms with Crippen LogP contribution in [0.15, 0.2) is 30.6 Å². The molecule has 2 aliphatic rings. The van der Waals surface area contributed by atoms with Crippen LogP contribution in [0.25, 0.3) is 10.9 Å². The van der Waals surface area contributed by atoms with Gasteiger partial charge in [-0.3, -0.25) is 0 Å². The zero-order chi connectivity index (χ0) is 24.8. The zero-order valence-electron chi connectivity index (χ0n) is 19.5. The third-order valence-corrected chi connectivity index (χ3v) is 6.96. The molecule has 36 heavy (non-hydrogen) atoms. The van der Waals surface area contributed by atoms with Crippen molar-refractivity contribution < 1.29 is 9.13 Å². The highest BCUT2D eigenvalue weighted by Gasteiger charge is 2.34. The number of aryl methyl sites for hydroxylation is 1. The molecule has 1 atom stereocenters. The van der Waals surface area contributed by atoms with E-state index >= 15 is 0 Å². The van der Waals surface area contributed by atoms with E-state index in [1.54, 1.807) is 0 Å². The molecule has 11 heteroatoms. The standard InChI is InChI=1S/C25H22ClFN8O/c1-14-21(27)20(11-28)33-25(31-14)35-5-4-17-18-10-16(26)2-3-19(18)32-22(17)23(35)15-12-29-24(30-13-15)34-6-8-36-9-7-34/h2-3,10,12-13,23,32H,4-9H2,1H3. The lowest BCUT2D eigenvalue weighted by atomic mass is 9.94. The van der Waals surface area contributed by atoms with Gasteiger partial charge in [0.15, 0.2) is 11.5 Å². The first-order valence-corrected chi connectivity index (χ1v) is 12.1. The molecule has 0 bridgehead atoms. The number of halogens is 2. The molecule has 1 aromatic carbocycles. The number of nitrogens with zero attached hydrogens (tertiary/aromatic N) is 7. The number of aromatic nitrogens is 5. The van der Waals surface area contributed by atoms with Gasteiger partial charge in [0.05, 0.1) is 18.9 Å². The Bertz CT molecular complexity index is 1490. The van der Waals surface area contributed by atoms with Gasteiger partial charge in [-0.25, -0.2) is 19.3 Å². The van der Waals surface area contributed by atoms with Crippen LogP contribution in [0.1, 0.15) is 34.3 Å². The summed E-state index contributed by atoms with van der Waals surface area (Å²) in [6.45, 7) is 4.86. The van der Waals surface area contributed by atoms with Gasteiger partial charge < -0.3 is 19.5 Å². The first-order chi connectivity index (χ1) is 17.5. The second-order valence-electron chi connectivity index (χ2n) is 8.85. The maximum absolute atomic E-state index is 14.4. The van der Waals surface area contributed by atoms with Gasteiger partial charge in [-0.2, -0.15) is 10.2 Å². The monoisotopic (exact) mass is 504 g/mol. The molecule has 5 heterocycles. The first-order valence-electron chi connectivity index (χ1n) is 11.7. The fourth-order valence-electron chi connectivity index (χ4n) is 4.97. The van der Waals surface area contributed by atoms with Gasteiger partial charge in [0.25, 0.3) is 0 Å². The van der Waals surface area contributed by atoms with Crippen LogP contribution in [-0.4, -0.2) is 57.8 Å². The Hall–Kier alpha value is -3.81. The van der Waals surface area contributed by atoms with Crippen molar-refractivity contribution in [3.8, 4) is 6.07 Å². The van der Waals surface area contributed by atoms with Crippen molar-refractivity contribution in [2.24, 2.45) is 0 Å². The Kier molecular flexibility index (Phi) is 5.66. The highest BCUT2D eigenvalue weighted by atomic mass is 35.5. The molecule has 0 radical (unpaired) electrons. The molecule has 0 amide bonds. The van der Waals surface area contributed by atoms with Crippen LogP contribution in [0.2, 0.25) is 5.02 Å². The summed E-state index contributed by atoms with van der Waals surface area (Å²) in [6.07, 6.45) is 4.32. The number of aromatic amines is 1. The lowest BCUT2D eigenvalue weighted by Gasteiger charge is -2.36. The molecule has 1 saturated heterocycles. The average molecular weight is 505 g/mol. The Morgan fingerprint density at radius 3 is 2.67 bits per heavy atom. The number of nitriles is 1. The first kappa shape index (κ1) is 22.6. The van der Waals surface area contributed by atoms with Crippen molar-refractivity contribution in [2.75, 3.05) is 42.6 Å². The number of nitrogens with one attached hydrogen (secondary N) is 1. The number of hydrogen-bond donors (Lipinski definition) is 1. The Balaban J connectivity index is 1.48. The summed E-state index contributed by atoms with van der Waals surface area (Å²) in [5, 5.41) is 11.2. The SMILES string of the molecule is Cc1nc(N2CCc3c([nH]c4ccc(Cl)cc34)C2c2cnc(N3CCOCC3)nc2)nc(C#N)c1F. The molecule has 1 N–H and O–H groups in total. The van der Waals surface area contributed by atoms with E-state index < -0.39 is 5.82 Å². The molecule has 0 aliphatic carbocycles. The number of rotatable bonds is 3. The molecule has 1 fully saturated rings. The third-order valence-electron chi connectivity index (χ3n) is 6.72. The molecule has 2 aliphatic heterocycles. The average Bonchev–Trinajstić information content (AvgIpc) is 3.28. The van der Waals surface area contributed by atoms with Crippen LogP contribution in [0.4, 0.5) is 16.3 Å². The fourth-order valence-corrected chi connectivity index (χ4v) is 5.14. The second kappa shape index (κ2) is 9.00. The summed E-state index contributed by atoms with van der Waals surface area (Å²) >= 11 is 6.31. The van der Waals surface area contributed by atoms with Crippen molar-refractivity contribution in [3.05, 3.63) is 69.6 Å². The number of benzene rings is 1. The van der Waals surface area contributed by atoms with E-state index in [2.05, 4.69) is 29.8 Å². The van der Waals surface area contributed by atoms with Crippen LogP contribution in [0.5, 0.6) is 0 Å². The Labute approximate surface area is 211 Å². The Morgan fingerprint density at radius 1 is 1.14 bits per heavy atom. The summed E-state index contributed by atoms with van der Waals surface area (Å²) in [5.41, 5.74) is 3.74. The van der Waals surface area contributed by atoms with Crippen molar-refractivity contribution in [1.82, 2.24) is 24.9 Å². The van der Waals surface area contributed by atoms with E-state index in [1.807, 2.05) is 41.6 Å². The smallest absolute Gasteiger partial charge is 0.227 e. The number of H-pyrrole nitrogens is 1. The molecule has 1 unspecified atom stereocenters. The molecule has 3 aromatic heterocycles. The molecule has 6 rings (SSSR count). The number of fused-ring (bicyclic) bond motifs is 3. The van der Waals surface area contributed by atoms with E-state index in [-0.39, 0.29) is 23.4 Å². The van der Waals surface area contributed by atoms with Crippen LogP contribution in [-0.2, 0) is 11.2 Å². The van der Waals surface area contributed by atoms with Crippen LogP contribution < -0.4 is 9.80 Å². The van der Waals surface area contributed by atoms with Gasteiger partial charge in [0.2, 0.25) is 11.9 Å². The summed E-state index contributed by atoms with van der Waals surface area (Å²) in [7, 11) is 0. The Morgan fingerprint density at radius 2 is 1.92 bits per heavy atom. The largest absolute Gasteiger partial charge is 0.378 e. The highest BCUT2D eigenvalue weighted by Crippen LogP contribution is 2.40. The van der Waals surface area contributed by atoms with E-state index in [1.165, 1.54) is 6.92 Å². The van der Waals surface area contributed by atoms with E-state index in [4.69, 9.17) is 16.3 Å². The molecular formula is C25H22ClFN8O. The van der Waals surface area contributed by atoms with Crippen LogP contribution in [0.3, 0.4) is 0 Å². The summed E-state index contributed by atoms with van der Waals surface area (Å²) in [4.78, 5) is 25.6. The zero-order valence-corrected chi connectivity index (χ0v) is 20.3. The predicted molar refractivity (Wildman–Crippen MR) is 133 cm³/mol. The maximum atomic E-state index is 14.4. The van der Waals surface area contributed by atoms with Crippen LogP contribution >= 0.6 is 11.6 Å². The van der Waals surface area contributed by atoms with Crippen molar-refractivity contribution in [2.45, 2.75) is 19.4 Å². The number of anilines is 2. The van der Waals surface area contributed by atoms with Gasteiger partial charge >= 0.3 is 0 Å². The lowest BCUT2D eigenvalue weighted by Crippen LogP contribution is -2.39. The van der Waals surface area contributed by atoms with Crippen molar-refractivity contribution >= 4 is 34.4 Å². The second-order valence-corrected chi connectivity index (χ2v) is 9.29. The van der Waals surface area contributed by atoms with Crippen LogP contribution in [0, 0.1) is 24.1 Å². The highest BCUT2D eigenvalue weighted by molar-refractivity contribution is 6.31. The lowest BCUT2D eigenvalue weighted by molar-refractivity contribution is 0.122. The fraction of sp³-hybridized carbons (Fsp3) is 0.320. The van der Waals surface area contributed by atoms with E-state index in [9.17, 15) is 9.65 Å². The summed E-state index contributed by atoms with van der Waals surface area (Å²) in [6, 6.07) is 7.25. The number of hydrogen-bond acceptors (Lipinski definition) is 8. The molecule has 0 saturated carbocycles. The topological polar surface area (TPSA) is 107 Å².